The molecule has 0 radical (unpaired) electrons. The van der Waals surface area contributed by atoms with Gasteiger partial charge in [-0.1, -0.05) is 6.08 Å². The van der Waals surface area contributed by atoms with E-state index in [-0.39, 0.29) is 5.75 Å². The summed E-state index contributed by atoms with van der Waals surface area (Å²) in [6.45, 7) is 8.71. The maximum absolute atomic E-state index is 10.1. The molecule has 0 unspecified atom stereocenters. The largest absolute Gasteiger partial charge is 0.504 e. The van der Waals surface area contributed by atoms with Gasteiger partial charge in [0.2, 0.25) is 0 Å². The molecule has 1 aromatic carbocycles. The predicted octanol–water partition coefficient (Wildman–Crippen LogP) is 2.34. The van der Waals surface area contributed by atoms with Gasteiger partial charge in [-0.2, -0.15) is 5.10 Å². The molecule has 0 aromatic heterocycles. The van der Waals surface area contributed by atoms with E-state index < -0.39 is 0 Å². The highest BCUT2D eigenvalue weighted by Gasteiger charge is 2.09. The van der Waals surface area contributed by atoms with Gasteiger partial charge in [-0.25, -0.2) is 0 Å². The number of hydrogen-bond donors (Lipinski definition) is 3. The third kappa shape index (κ3) is 5.43. The highest BCUT2D eigenvalue weighted by Crippen LogP contribution is 2.31. The summed E-state index contributed by atoms with van der Waals surface area (Å²) < 4.78 is 5.43. The SMILES string of the molecule is C=CCc1cc(/C=N\NC(=S)NCC)cc(OCC)c1O. The van der Waals surface area contributed by atoms with Gasteiger partial charge in [-0.15, -0.1) is 6.58 Å². The lowest BCUT2D eigenvalue weighted by atomic mass is 10.1. The Labute approximate surface area is 130 Å². The van der Waals surface area contributed by atoms with Crippen molar-refractivity contribution in [1.82, 2.24) is 10.7 Å². The van der Waals surface area contributed by atoms with Crippen molar-refractivity contribution in [1.29, 1.82) is 0 Å². The second-order valence-corrected chi connectivity index (χ2v) is 4.59. The zero-order valence-electron chi connectivity index (χ0n) is 12.3. The van der Waals surface area contributed by atoms with E-state index in [4.69, 9.17) is 17.0 Å². The fourth-order valence-corrected chi connectivity index (χ4v) is 1.90. The molecule has 0 aliphatic rings. The quantitative estimate of drug-likeness (QED) is 0.312. The van der Waals surface area contributed by atoms with Gasteiger partial charge in [0.05, 0.1) is 12.8 Å². The smallest absolute Gasteiger partial charge is 0.186 e. The highest BCUT2D eigenvalue weighted by atomic mass is 32.1. The Morgan fingerprint density at radius 2 is 2.24 bits per heavy atom. The van der Waals surface area contributed by atoms with Crippen molar-refractivity contribution in [2.45, 2.75) is 20.3 Å². The summed E-state index contributed by atoms with van der Waals surface area (Å²) in [5, 5.41) is 17.5. The minimum atomic E-state index is 0.144. The van der Waals surface area contributed by atoms with Gasteiger partial charge in [0, 0.05) is 12.1 Å². The average Bonchev–Trinajstić information content (AvgIpc) is 2.44. The Morgan fingerprint density at radius 1 is 1.48 bits per heavy atom. The number of rotatable bonds is 7. The molecule has 0 spiro atoms. The van der Waals surface area contributed by atoms with Crippen LogP contribution in [0.1, 0.15) is 25.0 Å². The Hall–Kier alpha value is -2.08. The number of hydrogen-bond acceptors (Lipinski definition) is 4. The number of benzene rings is 1. The van der Waals surface area contributed by atoms with Crippen LogP contribution in [-0.2, 0) is 6.42 Å². The van der Waals surface area contributed by atoms with Crippen molar-refractivity contribution in [3.8, 4) is 11.5 Å². The zero-order chi connectivity index (χ0) is 15.7. The van der Waals surface area contributed by atoms with E-state index in [1.165, 1.54) is 0 Å². The van der Waals surface area contributed by atoms with Crippen molar-refractivity contribution in [3.63, 3.8) is 0 Å². The number of allylic oxidation sites excluding steroid dienone is 1. The first-order valence-corrected chi connectivity index (χ1v) is 7.19. The Balaban J connectivity index is 2.92. The lowest BCUT2D eigenvalue weighted by Crippen LogP contribution is -2.31. The first kappa shape index (κ1) is 17.0. The molecular weight excluding hydrogens is 286 g/mol. The number of phenols is 1. The third-order valence-corrected chi connectivity index (χ3v) is 2.79. The van der Waals surface area contributed by atoms with Gasteiger partial charge < -0.3 is 15.2 Å². The van der Waals surface area contributed by atoms with Gasteiger partial charge in [0.15, 0.2) is 16.6 Å². The van der Waals surface area contributed by atoms with Crippen LogP contribution >= 0.6 is 12.2 Å². The van der Waals surface area contributed by atoms with Crippen molar-refractivity contribution < 1.29 is 9.84 Å². The normalized spacial score (nSPS) is 10.4. The van der Waals surface area contributed by atoms with E-state index >= 15 is 0 Å². The fourth-order valence-electron chi connectivity index (χ4n) is 1.71. The van der Waals surface area contributed by atoms with Gasteiger partial charge in [-0.3, -0.25) is 5.43 Å². The van der Waals surface area contributed by atoms with E-state index in [0.29, 0.717) is 23.9 Å². The Bertz CT molecular complexity index is 530. The van der Waals surface area contributed by atoms with Gasteiger partial charge in [0.1, 0.15) is 0 Å². The predicted molar refractivity (Wildman–Crippen MR) is 90.2 cm³/mol. The van der Waals surface area contributed by atoms with Crippen LogP contribution in [-0.4, -0.2) is 29.6 Å². The van der Waals surface area contributed by atoms with E-state index in [9.17, 15) is 5.11 Å². The molecule has 0 atom stereocenters. The molecule has 0 amide bonds. The summed E-state index contributed by atoms with van der Waals surface area (Å²) in [5.74, 6) is 0.581. The molecule has 5 nitrogen and oxygen atoms in total. The minimum Gasteiger partial charge on any atom is -0.504 e. The summed E-state index contributed by atoms with van der Waals surface area (Å²) >= 11 is 5.01. The Kier molecular flexibility index (Phi) is 7.25. The molecular formula is C15H21N3O2S. The van der Waals surface area contributed by atoms with Crippen LogP contribution in [0, 0.1) is 0 Å². The van der Waals surface area contributed by atoms with Gasteiger partial charge in [0.25, 0.3) is 0 Å². The fraction of sp³-hybridized carbons (Fsp3) is 0.333. The van der Waals surface area contributed by atoms with Gasteiger partial charge >= 0.3 is 0 Å². The molecule has 6 heteroatoms. The molecule has 21 heavy (non-hydrogen) atoms. The van der Waals surface area contributed by atoms with Crippen molar-refractivity contribution in [3.05, 3.63) is 35.9 Å². The average molecular weight is 307 g/mol. The van der Waals surface area contributed by atoms with E-state index in [0.717, 1.165) is 17.7 Å². The first-order valence-electron chi connectivity index (χ1n) is 6.78. The van der Waals surface area contributed by atoms with Crippen LogP contribution < -0.4 is 15.5 Å². The summed E-state index contributed by atoms with van der Waals surface area (Å²) in [7, 11) is 0. The minimum absolute atomic E-state index is 0.144. The number of nitrogens with one attached hydrogen (secondary N) is 2. The summed E-state index contributed by atoms with van der Waals surface area (Å²) in [6, 6.07) is 3.56. The molecule has 1 rings (SSSR count). The third-order valence-electron chi connectivity index (χ3n) is 2.56. The van der Waals surface area contributed by atoms with Crippen LogP contribution in [0.15, 0.2) is 29.9 Å². The number of ether oxygens (including phenoxy) is 1. The van der Waals surface area contributed by atoms with Crippen LogP contribution in [0.5, 0.6) is 11.5 Å². The molecule has 0 bridgehead atoms. The molecule has 114 valence electrons. The number of phenolic OH excluding ortho intramolecular Hbond substituents is 1. The molecule has 0 aliphatic heterocycles. The number of aromatic hydroxyl groups is 1. The first-order chi connectivity index (χ1) is 10.1. The van der Waals surface area contributed by atoms with Gasteiger partial charge in [-0.05, 0) is 50.2 Å². The second-order valence-electron chi connectivity index (χ2n) is 4.18. The van der Waals surface area contributed by atoms with Crippen molar-refractivity contribution in [2.24, 2.45) is 5.10 Å². The maximum atomic E-state index is 10.1. The second kappa shape index (κ2) is 8.97. The number of nitrogens with zero attached hydrogens (tertiary/aromatic N) is 1. The number of hydrazone groups is 1. The van der Waals surface area contributed by atoms with E-state index in [1.54, 1.807) is 18.4 Å². The summed E-state index contributed by atoms with van der Waals surface area (Å²) in [5.41, 5.74) is 4.26. The van der Waals surface area contributed by atoms with Crippen LogP contribution in [0.2, 0.25) is 0 Å². The summed E-state index contributed by atoms with van der Waals surface area (Å²) in [4.78, 5) is 0. The summed E-state index contributed by atoms with van der Waals surface area (Å²) in [6.07, 6.45) is 3.90. The lowest BCUT2D eigenvalue weighted by Gasteiger charge is -2.11. The zero-order valence-corrected chi connectivity index (χ0v) is 13.2. The van der Waals surface area contributed by atoms with Crippen LogP contribution in [0.25, 0.3) is 0 Å². The standard InChI is InChI=1S/C15H21N3O2S/c1-4-7-12-8-11(9-13(14(12)19)20-6-3)10-17-18-15(21)16-5-2/h4,8-10,19H,1,5-7H2,2-3H3,(H2,16,18,21)/b17-10-. The topological polar surface area (TPSA) is 65.9 Å². The molecule has 3 N–H and O–H groups in total. The molecule has 0 fully saturated rings. The highest BCUT2D eigenvalue weighted by molar-refractivity contribution is 7.80. The molecule has 0 saturated heterocycles. The molecule has 0 heterocycles. The van der Waals surface area contributed by atoms with E-state index in [2.05, 4.69) is 22.4 Å². The van der Waals surface area contributed by atoms with Crippen molar-refractivity contribution in [2.75, 3.05) is 13.2 Å². The van der Waals surface area contributed by atoms with E-state index in [1.807, 2.05) is 19.9 Å². The van der Waals surface area contributed by atoms with Crippen molar-refractivity contribution >= 4 is 23.5 Å². The maximum Gasteiger partial charge on any atom is 0.186 e. The monoisotopic (exact) mass is 307 g/mol. The molecule has 0 aliphatic carbocycles. The molecule has 1 aromatic rings. The van der Waals surface area contributed by atoms with Crippen LogP contribution in [0.3, 0.4) is 0 Å². The lowest BCUT2D eigenvalue weighted by molar-refractivity contribution is 0.317. The van der Waals surface area contributed by atoms with Crippen LogP contribution in [0.4, 0.5) is 0 Å². The number of thiocarbonyl (C=S) groups is 1. The Morgan fingerprint density at radius 3 is 2.86 bits per heavy atom. The molecule has 0 saturated carbocycles.